The number of halogens is 4. The van der Waals surface area contributed by atoms with Crippen LogP contribution < -0.4 is 16.0 Å². The topological polar surface area (TPSA) is 70.2 Å². The molecule has 2 amide bonds. The number of para-hydroxylation sites is 2. The number of carbonyl (C=O) groups is 2. The second-order valence-corrected chi connectivity index (χ2v) is 8.50. The standard InChI is InChI=1S/C22H21ClF3N3O2/c1-21(2)11-14(9-15(30)12-21)27-18-5-3-4-6-19(18)29-20(31)28-13-7-8-16(17(23)10-13)22(24,25)26/h3-10,27H,11-12H2,1-2H3,(H2,28,29,31). The summed E-state index contributed by atoms with van der Waals surface area (Å²) in [6.07, 6.45) is -1.88. The van der Waals surface area contributed by atoms with Crippen molar-refractivity contribution in [3.05, 3.63) is 64.8 Å². The number of amides is 2. The van der Waals surface area contributed by atoms with Gasteiger partial charge in [0.05, 0.1) is 22.0 Å². The minimum atomic E-state index is -4.58. The molecule has 1 aliphatic rings. The van der Waals surface area contributed by atoms with Crippen LogP contribution in [0.25, 0.3) is 0 Å². The monoisotopic (exact) mass is 451 g/mol. The molecule has 0 atom stereocenters. The lowest BCUT2D eigenvalue weighted by Crippen LogP contribution is -2.25. The van der Waals surface area contributed by atoms with E-state index in [9.17, 15) is 22.8 Å². The maximum Gasteiger partial charge on any atom is 0.417 e. The first-order valence-electron chi connectivity index (χ1n) is 9.47. The molecule has 2 aromatic rings. The molecule has 0 aromatic heterocycles. The molecule has 0 saturated heterocycles. The number of hydrogen-bond acceptors (Lipinski definition) is 3. The van der Waals surface area contributed by atoms with E-state index >= 15 is 0 Å². The highest BCUT2D eigenvalue weighted by Gasteiger charge is 2.33. The van der Waals surface area contributed by atoms with Crippen molar-refractivity contribution in [1.29, 1.82) is 0 Å². The van der Waals surface area contributed by atoms with Crippen LogP contribution in [0.2, 0.25) is 5.02 Å². The molecule has 0 saturated carbocycles. The molecule has 3 rings (SSSR count). The van der Waals surface area contributed by atoms with Crippen molar-refractivity contribution in [3.63, 3.8) is 0 Å². The molecular formula is C22H21ClF3N3O2. The van der Waals surface area contributed by atoms with Gasteiger partial charge in [-0.05, 0) is 42.2 Å². The zero-order valence-electron chi connectivity index (χ0n) is 16.9. The third-order valence-electron chi connectivity index (χ3n) is 4.66. The van der Waals surface area contributed by atoms with Gasteiger partial charge in [-0.3, -0.25) is 4.79 Å². The summed E-state index contributed by atoms with van der Waals surface area (Å²) in [4.78, 5) is 24.4. The zero-order valence-corrected chi connectivity index (χ0v) is 17.6. The van der Waals surface area contributed by atoms with Gasteiger partial charge in [0.15, 0.2) is 5.78 Å². The van der Waals surface area contributed by atoms with E-state index in [1.165, 1.54) is 0 Å². The summed E-state index contributed by atoms with van der Waals surface area (Å²) in [5.41, 5.74) is 0.728. The van der Waals surface area contributed by atoms with Gasteiger partial charge in [-0.15, -0.1) is 0 Å². The van der Waals surface area contributed by atoms with Crippen molar-refractivity contribution < 1.29 is 22.8 Å². The minimum absolute atomic E-state index is 0.0288. The summed E-state index contributed by atoms with van der Waals surface area (Å²) < 4.78 is 38.5. The Morgan fingerprint density at radius 1 is 1.03 bits per heavy atom. The van der Waals surface area contributed by atoms with Crippen molar-refractivity contribution in [1.82, 2.24) is 0 Å². The van der Waals surface area contributed by atoms with Crippen LogP contribution in [0.5, 0.6) is 0 Å². The Bertz CT molecular complexity index is 1050. The maximum atomic E-state index is 12.8. The van der Waals surface area contributed by atoms with Gasteiger partial charge < -0.3 is 16.0 Å². The van der Waals surface area contributed by atoms with Gasteiger partial charge in [0.1, 0.15) is 0 Å². The molecule has 0 radical (unpaired) electrons. The van der Waals surface area contributed by atoms with E-state index in [0.717, 1.165) is 23.9 Å². The predicted molar refractivity (Wildman–Crippen MR) is 115 cm³/mol. The highest BCUT2D eigenvalue weighted by Crippen LogP contribution is 2.37. The number of carbonyl (C=O) groups excluding carboxylic acids is 2. The molecule has 0 unspecified atom stereocenters. The van der Waals surface area contributed by atoms with Crippen LogP contribution in [-0.2, 0) is 11.0 Å². The molecule has 164 valence electrons. The average Bonchev–Trinajstić information content (AvgIpc) is 2.60. The van der Waals surface area contributed by atoms with Crippen LogP contribution in [0.3, 0.4) is 0 Å². The SMILES string of the molecule is CC1(C)CC(=O)C=C(Nc2ccccc2NC(=O)Nc2ccc(C(F)(F)F)c(Cl)c2)C1. The molecule has 31 heavy (non-hydrogen) atoms. The van der Waals surface area contributed by atoms with Gasteiger partial charge in [0.25, 0.3) is 0 Å². The number of alkyl halides is 3. The second-order valence-electron chi connectivity index (χ2n) is 8.10. The first kappa shape index (κ1) is 22.7. The van der Waals surface area contributed by atoms with Crippen molar-refractivity contribution in [2.75, 3.05) is 16.0 Å². The molecule has 1 aliphatic carbocycles. The summed E-state index contributed by atoms with van der Waals surface area (Å²) in [5, 5.41) is 7.80. The van der Waals surface area contributed by atoms with E-state index in [-0.39, 0.29) is 16.9 Å². The molecule has 9 heteroatoms. The highest BCUT2D eigenvalue weighted by molar-refractivity contribution is 6.31. The van der Waals surface area contributed by atoms with Crippen LogP contribution in [0.1, 0.15) is 32.3 Å². The molecule has 0 aliphatic heterocycles. The summed E-state index contributed by atoms with van der Waals surface area (Å²) in [7, 11) is 0. The molecule has 3 N–H and O–H groups in total. The fourth-order valence-electron chi connectivity index (χ4n) is 3.41. The van der Waals surface area contributed by atoms with E-state index < -0.39 is 22.8 Å². The summed E-state index contributed by atoms with van der Waals surface area (Å²) in [6, 6.07) is 9.22. The number of anilines is 3. The summed E-state index contributed by atoms with van der Waals surface area (Å²) >= 11 is 5.69. The molecule has 0 bridgehead atoms. The molecule has 0 spiro atoms. The number of urea groups is 1. The largest absolute Gasteiger partial charge is 0.417 e. The molecule has 0 fully saturated rings. The van der Waals surface area contributed by atoms with Crippen LogP contribution in [0.15, 0.2) is 54.2 Å². The van der Waals surface area contributed by atoms with Crippen LogP contribution in [0, 0.1) is 5.41 Å². The van der Waals surface area contributed by atoms with Crippen molar-refractivity contribution in [3.8, 4) is 0 Å². The van der Waals surface area contributed by atoms with E-state index in [2.05, 4.69) is 16.0 Å². The van der Waals surface area contributed by atoms with Gasteiger partial charge in [-0.25, -0.2) is 4.79 Å². The zero-order chi connectivity index (χ0) is 22.8. The highest BCUT2D eigenvalue weighted by atomic mass is 35.5. The van der Waals surface area contributed by atoms with E-state index in [0.29, 0.717) is 24.2 Å². The Balaban J connectivity index is 1.72. The van der Waals surface area contributed by atoms with Crippen molar-refractivity contribution in [2.45, 2.75) is 32.9 Å². The van der Waals surface area contributed by atoms with Gasteiger partial charge >= 0.3 is 12.2 Å². The first-order valence-corrected chi connectivity index (χ1v) is 9.85. The number of hydrogen-bond donors (Lipinski definition) is 3. The third kappa shape index (κ3) is 6.01. The Kier molecular flexibility index (Phi) is 6.31. The van der Waals surface area contributed by atoms with Crippen molar-refractivity contribution >= 4 is 40.5 Å². The normalized spacial score (nSPS) is 15.8. The van der Waals surface area contributed by atoms with Crippen LogP contribution in [0.4, 0.5) is 35.0 Å². The Morgan fingerprint density at radius 3 is 2.32 bits per heavy atom. The smallest absolute Gasteiger partial charge is 0.357 e. The summed E-state index contributed by atoms with van der Waals surface area (Å²) in [6.45, 7) is 4.01. The van der Waals surface area contributed by atoms with E-state index in [1.54, 1.807) is 30.3 Å². The van der Waals surface area contributed by atoms with Gasteiger partial charge in [-0.2, -0.15) is 13.2 Å². The molecular weight excluding hydrogens is 431 g/mol. The summed E-state index contributed by atoms with van der Waals surface area (Å²) in [5.74, 6) is 0.0288. The predicted octanol–water partition coefficient (Wildman–Crippen LogP) is 6.69. The van der Waals surface area contributed by atoms with Crippen molar-refractivity contribution in [2.24, 2.45) is 5.41 Å². The minimum Gasteiger partial charge on any atom is -0.357 e. The molecule has 5 nitrogen and oxygen atoms in total. The molecule has 0 heterocycles. The van der Waals surface area contributed by atoms with E-state index in [4.69, 9.17) is 11.6 Å². The van der Waals surface area contributed by atoms with E-state index in [1.807, 2.05) is 13.8 Å². The number of rotatable bonds is 4. The average molecular weight is 452 g/mol. The number of nitrogens with one attached hydrogen (secondary N) is 3. The Hall–Kier alpha value is -3.00. The maximum absolute atomic E-state index is 12.8. The first-order chi connectivity index (χ1) is 14.4. The Labute approximate surface area is 182 Å². The second kappa shape index (κ2) is 8.63. The molecule has 2 aromatic carbocycles. The lowest BCUT2D eigenvalue weighted by molar-refractivity contribution is -0.137. The Morgan fingerprint density at radius 2 is 1.71 bits per heavy atom. The lowest BCUT2D eigenvalue weighted by atomic mass is 9.79. The van der Waals surface area contributed by atoms with Gasteiger partial charge in [0, 0.05) is 23.9 Å². The van der Waals surface area contributed by atoms with Gasteiger partial charge in [-0.1, -0.05) is 37.6 Å². The number of allylic oxidation sites excluding steroid dienone is 2. The fraction of sp³-hybridized carbons (Fsp3) is 0.273. The lowest BCUT2D eigenvalue weighted by Gasteiger charge is -2.29. The van der Waals surface area contributed by atoms with Crippen LogP contribution >= 0.6 is 11.6 Å². The number of benzene rings is 2. The third-order valence-corrected chi connectivity index (χ3v) is 4.97. The van der Waals surface area contributed by atoms with Crippen LogP contribution in [-0.4, -0.2) is 11.8 Å². The number of ketones is 1. The van der Waals surface area contributed by atoms with Gasteiger partial charge in [0.2, 0.25) is 0 Å². The quantitative estimate of drug-likeness (QED) is 0.485. The fourth-order valence-corrected chi connectivity index (χ4v) is 3.70.